The molecule has 0 saturated heterocycles. The molecule has 2 aromatic carbocycles. The number of hydrogen-bond donors (Lipinski definition) is 0. The van der Waals surface area contributed by atoms with Crippen molar-refractivity contribution in [2.75, 3.05) is 6.61 Å². The van der Waals surface area contributed by atoms with E-state index in [0.717, 1.165) is 11.3 Å². The highest BCUT2D eigenvalue weighted by molar-refractivity contribution is 6.30. The summed E-state index contributed by atoms with van der Waals surface area (Å²) in [5, 5.41) is 4.75. The first-order valence-corrected chi connectivity index (χ1v) is 7.70. The zero-order valence-electron chi connectivity index (χ0n) is 12.7. The summed E-state index contributed by atoms with van der Waals surface area (Å²) in [5.41, 5.74) is 1.69. The Morgan fingerprint density at radius 3 is 2.39 bits per heavy atom. The van der Waals surface area contributed by atoms with Crippen LogP contribution in [0.2, 0.25) is 5.02 Å². The second-order valence-electron chi connectivity index (χ2n) is 4.85. The lowest BCUT2D eigenvalue weighted by Gasteiger charge is -2.09. The van der Waals surface area contributed by atoms with Gasteiger partial charge in [-0.1, -0.05) is 41.0 Å². The van der Waals surface area contributed by atoms with E-state index in [2.05, 4.69) is 5.16 Å². The van der Waals surface area contributed by atoms with Crippen LogP contribution in [0, 0.1) is 0 Å². The van der Waals surface area contributed by atoms with Crippen LogP contribution in [-0.4, -0.2) is 11.8 Å². The summed E-state index contributed by atoms with van der Waals surface area (Å²) in [6.45, 7) is 2.81. The largest absolute Gasteiger partial charge is 0.490 e. The molecule has 0 bridgehead atoms. The van der Waals surface area contributed by atoms with Gasteiger partial charge in [0.15, 0.2) is 17.3 Å². The lowest BCUT2D eigenvalue weighted by molar-refractivity contribution is 0.233. The number of aromatic nitrogens is 1. The first kappa shape index (κ1) is 15.4. The Kier molecular flexibility index (Phi) is 4.83. The Balaban J connectivity index is 1.69. The van der Waals surface area contributed by atoms with Crippen molar-refractivity contribution < 1.29 is 14.0 Å². The Morgan fingerprint density at radius 1 is 1.00 bits per heavy atom. The number of hydrogen-bond acceptors (Lipinski definition) is 4. The molecule has 0 spiro atoms. The Bertz CT molecular complexity index is 768. The van der Waals surface area contributed by atoms with Crippen molar-refractivity contribution in [1.29, 1.82) is 0 Å². The van der Waals surface area contributed by atoms with Crippen LogP contribution in [-0.2, 0) is 6.61 Å². The zero-order valence-corrected chi connectivity index (χ0v) is 13.4. The average Bonchev–Trinajstić information content (AvgIpc) is 3.04. The molecule has 0 aliphatic heterocycles. The summed E-state index contributed by atoms with van der Waals surface area (Å²) in [4.78, 5) is 0. The maximum Gasteiger partial charge on any atom is 0.174 e. The van der Waals surface area contributed by atoms with Crippen LogP contribution >= 0.6 is 11.6 Å². The van der Waals surface area contributed by atoms with E-state index in [1.807, 2.05) is 61.5 Å². The van der Waals surface area contributed by atoms with Gasteiger partial charge in [0.05, 0.1) is 6.61 Å². The van der Waals surface area contributed by atoms with Crippen LogP contribution in [0.3, 0.4) is 0 Å². The summed E-state index contributed by atoms with van der Waals surface area (Å²) < 4.78 is 16.6. The summed E-state index contributed by atoms with van der Waals surface area (Å²) in [7, 11) is 0. The minimum absolute atomic E-state index is 0.282. The summed E-state index contributed by atoms with van der Waals surface area (Å²) in [6, 6.07) is 16.8. The van der Waals surface area contributed by atoms with Crippen LogP contribution in [0.4, 0.5) is 0 Å². The van der Waals surface area contributed by atoms with Gasteiger partial charge in [-0.2, -0.15) is 0 Å². The van der Waals surface area contributed by atoms with E-state index in [1.54, 1.807) is 0 Å². The minimum atomic E-state index is 0.282. The normalized spacial score (nSPS) is 10.5. The average molecular weight is 330 g/mol. The molecule has 3 rings (SSSR count). The highest BCUT2D eigenvalue weighted by atomic mass is 35.5. The van der Waals surface area contributed by atoms with Crippen molar-refractivity contribution >= 4 is 11.6 Å². The minimum Gasteiger partial charge on any atom is -0.490 e. The number of ether oxygens (including phenoxy) is 2. The SMILES string of the molecule is CCOc1ccccc1OCc1cc(-c2ccc(Cl)cc2)no1. The standard InChI is InChI=1S/C18H16ClNO3/c1-2-21-17-5-3-4-6-18(17)22-12-15-11-16(20-23-15)13-7-9-14(19)10-8-13/h3-11H,2,12H2,1H3. The molecule has 0 radical (unpaired) electrons. The van der Waals surface area contributed by atoms with Gasteiger partial charge in [0.1, 0.15) is 12.3 Å². The number of halogens is 1. The van der Waals surface area contributed by atoms with Crippen molar-refractivity contribution in [1.82, 2.24) is 5.16 Å². The monoisotopic (exact) mass is 329 g/mol. The van der Waals surface area contributed by atoms with E-state index >= 15 is 0 Å². The van der Waals surface area contributed by atoms with Crippen LogP contribution in [0.5, 0.6) is 11.5 Å². The van der Waals surface area contributed by atoms with Gasteiger partial charge in [-0.15, -0.1) is 0 Å². The zero-order chi connectivity index (χ0) is 16.1. The van der Waals surface area contributed by atoms with Crippen LogP contribution in [0.1, 0.15) is 12.7 Å². The van der Waals surface area contributed by atoms with E-state index in [1.165, 1.54) is 0 Å². The van der Waals surface area contributed by atoms with Crippen molar-refractivity contribution in [3.63, 3.8) is 0 Å². The molecule has 23 heavy (non-hydrogen) atoms. The van der Waals surface area contributed by atoms with E-state index in [-0.39, 0.29) is 6.61 Å². The molecule has 0 amide bonds. The van der Waals surface area contributed by atoms with Gasteiger partial charge in [-0.3, -0.25) is 0 Å². The lowest BCUT2D eigenvalue weighted by atomic mass is 10.1. The van der Waals surface area contributed by atoms with Crippen LogP contribution < -0.4 is 9.47 Å². The lowest BCUT2D eigenvalue weighted by Crippen LogP contribution is -1.98. The van der Waals surface area contributed by atoms with Crippen molar-refractivity contribution in [2.45, 2.75) is 13.5 Å². The maximum absolute atomic E-state index is 5.89. The molecule has 0 aliphatic carbocycles. The molecule has 1 heterocycles. The van der Waals surface area contributed by atoms with Crippen LogP contribution in [0.25, 0.3) is 11.3 Å². The summed E-state index contributed by atoms with van der Waals surface area (Å²) in [6.07, 6.45) is 0. The van der Waals surface area contributed by atoms with E-state index < -0.39 is 0 Å². The molecule has 0 fully saturated rings. The first-order chi connectivity index (χ1) is 11.3. The molecule has 0 aliphatic rings. The smallest absolute Gasteiger partial charge is 0.174 e. The molecule has 1 aromatic heterocycles. The topological polar surface area (TPSA) is 44.5 Å². The fraction of sp³-hybridized carbons (Fsp3) is 0.167. The summed E-state index contributed by atoms with van der Waals surface area (Å²) >= 11 is 5.89. The predicted molar refractivity (Wildman–Crippen MR) is 88.9 cm³/mol. The van der Waals surface area contributed by atoms with E-state index in [4.69, 9.17) is 25.6 Å². The van der Waals surface area contributed by atoms with E-state index in [0.29, 0.717) is 28.9 Å². The van der Waals surface area contributed by atoms with Crippen molar-refractivity contribution in [3.05, 3.63) is 65.4 Å². The molecular weight excluding hydrogens is 314 g/mol. The molecular formula is C18H16ClNO3. The molecule has 0 atom stereocenters. The van der Waals surface area contributed by atoms with Gasteiger partial charge in [-0.25, -0.2) is 0 Å². The van der Waals surface area contributed by atoms with E-state index in [9.17, 15) is 0 Å². The first-order valence-electron chi connectivity index (χ1n) is 7.32. The second-order valence-corrected chi connectivity index (χ2v) is 5.29. The Morgan fingerprint density at radius 2 is 1.70 bits per heavy atom. The van der Waals surface area contributed by atoms with Gasteiger partial charge < -0.3 is 14.0 Å². The third kappa shape index (κ3) is 3.85. The Labute approximate surface area is 139 Å². The van der Waals surface area contributed by atoms with Gasteiger partial charge >= 0.3 is 0 Å². The van der Waals surface area contributed by atoms with Gasteiger partial charge in [0.2, 0.25) is 0 Å². The number of nitrogens with zero attached hydrogens (tertiary/aromatic N) is 1. The number of benzene rings is 2. The van der Waals surface area contributed by atoms with Gasteiger partial charge in [0.25, 0.3) is 0 Å². The highest BCUT2D eigenvalue weighted by Crippen LogP contribution is 2.28. The molecule has 5 heteroatoms. The third-order valence-corrected chi connectivity index (χ3v) is 3.47. The number of para-hydroxylation sites is 2. The Hall–Kier alpha value is -2.46. The quantitative estimate of drug-likeness (QED) is 0.640. The van der Waals surface area contributed by atoms with Crippen molar-refractivity contribution in [3.8, 4) is 22.8 Å². The molecule has 0 saturated carbocycles. The van der Waals surface area contributed by atoms with Gasteiger partial charge in [0, 0.05) is 16.7 Å². The second kappa shape index (κ2) is 7.20. The number of rotatable bonds is 6. The molecule has 0 unspecified atom stereocenters. The third-order valence-electron chi connectivity index (χ3n) is 3.22. The summed E-state index contributed by atoms with van der Waals surface area (Å²) in [5.74, 6) is 2.03. The van der Waals surface area contributed by atoms with Gasteiger partial charge in [-0.05, 0) is 31.2 Å². The molecule has 4 nitrogen and oxygen atoms in total. The molecule has 0 N–H and O–H groups in total. The molecule has 3 aromatic rings. The molecule has 118 valence electrons. The maximum atomic E-state index is 5.89. The fourth-order valence-electron chi connectivity index (χ4n) is 2.13. The predicted octanol–water partition coefficient (Wildman–Crippen LogP) is 4.97. The highest BCUT2D eigenvalue weighted by Gasteiger charge is 2.09. The van der Waals surface area contributed by atoms with Crippen molar-refractivity contribution in [2.24, 2.45) is 0 Å². The van der Waals surface area contributed by atoms with Crippen LogP contribution in [0.15, 0.2) is 59.1 Å². The fourth-order valence-corrected chi connectivity index (χ4v) is 2.26.